The number of hydrogen-bond acceptors (Lipinski definition) is 7. The quantitative estimate of drug-likeness (QED) is 0.772. The van der Waals surface area contributed by atoms with Crippen LogP contribution < -0.4 is 14.2 Å². The molecular formula is C20H25N3O4. The Bertz CT molecular complexity index is 743. The van der Waals surface area contributed by atoms with Crippen molar-refractivity contribution in [3.8, 4) is 17.4 Å². The number of hydrogen-bond donors (Lipinski definition) is 0. The van der Waals surface area contributed by atoms with Gasteiger partial charge in [-0.1, -0.05) is 0 Å². The zero-order valence-corrected chi connectivity index (χ0v) is 15.8. The lowest BCUT2D eigenvalue weighted by atomic mass is 9.84. The van der Waals surface area contributed by atoms with Gasteiger partial charge >= 0.3 is 0 Å². The summed E-state index contributed by atoms with van der Waals surface area (Å²) in [5.74, 6) is 2.20. The number of aromatic nitrogens is 2. The molecule has 1 spiro atoms. The fraction of sp³-hybridized carbons (Fsp3) is 0.500. The Morgan fingerprint density at radius 2 is 1.93 bits per heavy atom. The molecule has 27 heavy (non-hydrogen) atoms. The summed E-state index contributed by atoms with van der Waals surface area (Å²) in [4.78, 5) is 10.6. The molecule has 1 atom stereocenters. The van der Waals surface area contributed by atoms with Crippen LogP contribution >= 0.6 is 0 Å². The van der Waals surface area contributed by atoms with Gasteiger partial charge in [-0.25, -0.2) is 4.98 Å². The maximum absolute atomic E-state index is 6.12. The molecule has 3 heterocycles. The molecule has 7 nitrogen and oxygen atoms in total. The summed E-state index contributed by atoms with van der Waals surface area (Å²) in [6, 6.07) is 5.99. The average molecular weight is 371 g/mol. The molecule has 2 fully saturated rings. The van der Waals surface area contributed by atoms with E-state index in [1.54, 1.807) is 32.8 Å². The van der Waals surface area contributed by atoms with Crippen LogP contribution in [0.3, 0.4) is 0 Å². The zero-order chi connectivity index (χ0) is 18.7. The van der Waals surface area contributed by atoms with Gasteiger partial charge in [-0.05, 0) is 17.7 Å². The lowest BCUT2D eigenvalue weighted by Crippen LogP contribution is -2.65. The standard InChI is InChI=1S/C20H25N3O4/c1-24-17-7-15(8-18(9-17)25-2)12-23-13-20(14-23)10-16(3-6-26-20)27-19-11-21-4-5-22-19/h4-5,7-9,11,16H,3,6,10,12-14H2,1-2H3. The van der Waals surface area contributed by atoms with Crippen LogP contribution in [-0.4, -0.2) is 60.5 Å². The second kappa shape index (κ2) is 7.70. The van der Waals surface area contributed by atoms with Gasteiger partial charge in [-0.15, -0.1) is 0 Å². The molecule has 144 valence electrons. The topological polar surface area (TPSA) is 65.9 Å². The fourth-order valence-corrected chi connectivity index (χ4v) is 3.92. The highest BCUT2D eigenvalue weighted by atomic mass is 16.5. The van der Waals surface area contributed by atoms with Crippen LogP contribution in [0, 0.1) is 0 Å². The van der Waals surface area contributed by atoms with Gasteiger partial charge < -0.3 is 18.9 Å². The third-order valence-corrected chi connectivity index (χ3v) is 5.12. The summed E-state index contributed by atoms with van der Waals surface area (Å²) in [6.45, 7) is 3.35. The maximum atomic E-state index is 6.12. The van der Waals surface area contributed by atoms with Crippen LogP contribution in [0.15, 0.2) is 36.8 Å². The summed E-state index contributed by atoms with van der Waals surface area (Å²) >= 11 is 0. The first-order valence-electron chi connectivity index (χ1n) is 9.19. The summed E-state index contributed by atoms with van der Waals surface area (Å²) in [7, 11) is 3.34. The van der Waals surface area contributed by atoms with Gasteiger partial charge in [0.05, 0.1) is 32.6 Å². The monoisotopic (exact) mass is 371 g/mol. The van der Waals surface area contributed by atoms with E-state index in [9.17, 15) is 0 Å². The van der Waals surface area contributed by atoms with Crippen molar-refractivity contribution in [3.05, 3.63) is 42.4 Å². The highest BCUT2D eigenvalue weighted by Crippen LogP contribution is 2.36. The molecule has 2 aliphatic heterocycles. The Labute approximate surface area is 159 Å². The predicted octanol–water partition coefficient (Wildman–Crippen LogP) is 2.31. The van der Waals surface area contributed by atoms with Crippen molar-refractivity contribution >= 4 is 0 Å². The predicted molar refractivity (Wildman–Crippen MR) is 99.2 cm³/mol. The summed E-state index contributed by atoms with van der Waals surface area (Å²) in [5.41, 5.74) is 1.05. The highest BCUT2D eigenvalue weighted by molar-refractivity contribution is 5.38. The molecule has 4 rings (SSSR count). The van der Waals surface area contributed by atoms with Gasteiger partial charge in [0.15, 0.2) is 0 Å². The molecule has 0 saturated carbocycles. The fourth-order valence-electron chi connectivity index (χ4n) is 3.92. The lowest BCUT2D eigenvalue weighted by Gasteiger charge is -2.53. The first-order chi connectivity index (χ1) is 13.2. The lowest BCUT2D eigenvalue weighted by molar-refractivity contribution is -0.188. The smallest absolute Gasteiger partial charge is 0.232 e. The van der Waals surface area contributed by atoms with E-state index in [0.717, 1.165) is 44.0 Å². The largest absolute Gasteiger partial charge is 0.497 e. The Morgan fingerprint density at radius 3 is 2.59 bits per heavy atom. The first kappa shape index (κ1) is 18.0. The third kappa shape index (κ3) is 4.14. The van der Waals surface area contributed by atoms with Gasteiger partial charge in [0, 0.05) is 50.9 Å². The van der Waals surface area contributed by atoms with E-state index in [0.29, 0.717) is 12.5 Å². The van der Waals surface area contributed by atoms with Crippen LogP contribution in [0.2, 0.25) is 0 Å². The van der Waals surface area contributed by atoms with E-state index < -0.39 is 0 Å². The molecule has 0 aliphatic carbocycles. The number of rotatable bonds is 6. The van der Waals surface area contributed by atoms with Gasteiger partial charge in [0.25, 0.3) is 0 Å². The number of methoxy groups -OCH3 is 2. The molecule has 2 aliphatic rings. The third-order valence-electron chi connectivity index (χ3n) is 5.12. The van der Waals surface area contributed by atoms with Gasteiger partial charge in [0.1, 0.15) is 17.6 Å². The van der Waals surface area contributed by atoms with E-state index in [2.05, 4.69) is 27.0 Å². The van der Waals surface area contributed by atoms with Gasteiger partial charge in [-0.3, -0.25) is 9.88 Å². The molecule has 0 radical (unpaired) electrons. The molecule has 1 aromatic carbocycles. The minimum Gasteiger partial charge on any atom is -0.497 e. The Balaban J connectivity index is 1.34. The van der Waals surface area contributed by atoms with Crippen molar-refractivity contribution in [2.45, 2.75) is 31.1 Å². The normalized spacial score (nSPS) is 21.5. The number of likely N-dealkylation sites (tertiary alicyclic amines) is 1. The van der Waals surface area contributed by atoms with E-state index in [1.165, 1.54) is 5.56 Å². The van der Waals surface area contributed by atoms with E-state index in [1.807, 2.05) is 6.07 Å². The van der Waals surface area contributed by atoms with Crippen LogP contribution in [-0.2, 0) is 11.3 Å². The molecule has 0 bridgehead atoms. The second-order valence-electron chi connectivity index (χ2n) is 7.17. The van der Waals surface area contributed by atoms with Crippen molar-refractivity contribution in [2.75, 3.05) is 33.9 Å². The summed E-state index contributed by atoms with van der Waals surface area (Å²) in [5, 5.41) is 0. The Kier molecular flexibility index (Phi) is 5.13. The van der Waals surface area contributed by atoms with Crippen molar-refractivity contribution in [1.29, 1.82) is 0 Å². The molecule has 2 saturated heterocycles. The summed E-state index contributed by atoms with van der Waals surface area (Å²) in [6.07, 6.45) is 6.83. The van der Waals surface area contributed by atoms with Gasteiger partial charge in [0.2, 0.25) is 5.88 Å². The molecule has 0 N–H and O–H groups in total. The molecular weight excluding hydrogens is 346 g/mol. The Morgan fingerprint density at radius 1 is 1.15 bits per heavy atom. The molecule has 0 amide bonds. The van der Waals surface area contributed by atoms with E-state index >= 15 is 0 Å². The van der Waals surface area contributed by atoms with Crippen LogP contribution in [0.1, 0.15) is 18.4 Å². The molecule has 7 heteroatoms. The average Bonchev–Trinajstić information content (AvgIpc) is 2.67. The number of benzene rings is 1. The number of ether oxygens (including phenoxy) is 4. The SMILES string of the molecule is COc1cc(CN2CC3(CC(Oc4cnccn4)CCO3)C2)cc(OC)c1. The highest BCUT2D eigenvalue weighted by Gasteiger charge is 2.48. The molecule has 1 unspecified atom stereocenters. The second-order valence-corrected chi connectivity index (χ2v) is 7.17. The molecule has 2 aromatic rings. The first-order valence-corrected chi connectivity index (χ1v) is 9.19. The number of nitrogens with zero attached hydrogens (tertiary/aromatic N) is 3. The van der Waals surface area contributed by atoms with E-state index in [-0.39, 0.29) is 11.7 Å². The van der Waals surface area contributed by atoms with Crippen molar-refractivity contribution in [3.63, 3.8) is 0 Å². The van der Waals surface area contributed by atoms with Gasteiger partial charge in [-0.2, -0.15) is 0 Å². The Hall–Kier alpha value is -2.38. The zero-order valence-electron chi connectivity index (χ0n) is 15.8. The van der Waals surface area contributed by atoms with E-state index in [4.69, 9.17) is 18.9 Å². The minimum absolute atomic E-state index is 0.117. The minimum atomic E-state index is -0.117. The maximum Gasteiger partial charge on any atom is 0.232 e. The van der Waals surface area contributed by atoms with Crippen LogP contribution in [0.4, 0.5) is 0 Å². The van der Waals surface area contributed by atoms with Crippen molar-refractivity contribution < 1.29 is 18.9 Å². The molecule has 1 aromatic heterocycles. The summed E-state index contributed by atoms with van der Waals surface area (Å²) < 4.78 is 22.8. The van der Waals surface area contributed by atoms with Crippen LogP contribution in [0.5, 0.6) is 17.4 Å². The van der Waals surface area contributed by atoms with Crippen molar-refractivity contribution in [1.82, 2.24) is 14.9 Å². The van der Waals surface area contributed by atoms with Crippen LogP contribution in [0.25, 0.3) is 0 Å². The van der Waals surface area contributed by atoms with Crippen molar-refractivity contribution in [2.24, 2.45) is 0 Å².